The van der Waals surface area contributed by atoms with Gasteiger partial charge in [0.1, 0.15) is 17.8 Å². The third-order valence-corrected chi connectivity index (χ3v) is 2.63. The van der Waals surface area contributed by atoms with Crippen molar-refractivity contribution in [2.75, 3.05) is 13.2 Å². The number of hydrogen-bond acceptors (Lipinski definition) is 5. The van der Waals surface area contributed by atoms with E-state index in [0.717, 1.165) is 37.6 Å². The van der Waals surface area contributed by atoms with Crippen molar-refractivity contribution in [3.05, 3.63) is 11.9 Å². The van der Waals surface area contributed by atoms with Crippen LogP contribution in [0.5, 0.6) is 0 Å². The van der Waals surface area contributed by atoms with Gasteiger partial charge in [0.15, 0.2) is 5.84 Å². The van der Waals surface area contributed by atoms with E-state index in [1.54, 1.807) is 13.3 Å². The van der Waals surface area contributed by atoms with Crippen LogP contribution in [0, 0.1) is 0 Å². The lowest BCUT2D eigenvalue weighted by Crippen LogP contribution is -2.41. The van der Waals surface area contributed by atoms with Gasteiger partial charge in [-0.1, -0.05) is 0 Å². The number of aliphatic imine (C=N–C) groups is 2. The number of unbranched alkanes of at least 4 members (excludes halogenated alkanes) is 1. The second-order valence-corrected chi connectivity index (χ2v) is 4.01. The van der Waals surface area contributed by atoms with E-state index >= 15 is 0 Å². The number of nitrogens with one attached hydrogen (secondary N) is 1. The summed E-state index contributed by atoms with van der Waals surface area (Å²) in [5, 5.41) is 3.16. The first-order valence-electron chi connectivity index (χ1n) is 5.56. The molecule has 0 aromatic heterocycles. The molecule has 0 aromatic carbocycles. The molecule has 2 aliphatic rings. The highest BCUT2D eigenvalue weighted by atomic mass is 16.1. The van der Waals surface area contributed by atoms with Gasteiger partial charge in [-0.05, 0) is 19.8 Å². The van der Waals surface area contributed by atoms with Crippen molar-refractivity contribution >= 4 is 18.0 Å². The van der Waals surface area contributed by atoms with E-state index in [9.17, 15) is 4.79 Å². The lowest BCUT2D eigenvalue weighted by atomic mass is 10.2. The number of amidine groups is 1. The van der Waals surface area contributed by atoms with Crippen LogP contribution >= 0.6 is 0 Å². The summed E-state index contributed by atoms with van der Waals surface area (Å²) in [4.78, 5) is 21.3. The van der Waals surface area contributed by atoms with Crippen LogP contribution in [0.15, 0.2) is 21.9 Å². The van der Waals surface area contributed by atoms with E-state index in [1.807, 2.05) is 6.20 Å². The Morgan fingerprint density at radius 3 is 3.25 bits per heavy atom. The molecule has 0 aromatic rings. The zero-order valence-electron chi connectivity index (χ0n) is 9.44. The van der Waals surface area contributed by atoms with Gasteiger partial charge in [0.25, 0.3) is 0 Å². The Kier molecular flexibility index (Phi) is 3.34. The quantitative estimate of drug-likeness (QED) is 0.700. The van der Waals surface area contributed by atoms with Gasteiger partial charge < -0.3 is 15.0 Å². The molecule has 2 heterocycles. The highest BCUT2D eigenvalue weighted by Crippen LogP contribution is 2.13. The fourth-order valence-electron chi connectivity index (χ4n) is 1.80. The number of nitrogens with zero attached hydrogens (tertiary/aromatic N) is 3. The molecular formula is C11H16N4O. The van der Waals surface area contributed by atoms with Gasteiger partial charge in [0, 0.05) is 19.2 Å². The summed E-state index contributed by atoms with van der Waals surface area (Å²) >= 11 is 0. The molecule has 0 fully saturated rings. The Morgan fingerprint density at radius 2 is 2.44 bits per heavy atom. The molecule has 1 N–H and O–H groups in total. The van der Waals surface area contributed by atoms with E-state index < -0.39 is 0 Å². The van der Waals surface area contributed by atoms with E-state index in [0.29, 0.717) is 6.42 Å². The summed E-state index contributed by atoms with van der Waals surface area (Å²) in [6, 6.07) is 0. The SMILES string of the molecule is CC(=O)CCCCN1CNC=C2N=CN=C21. The summed E-state index contributed by atoms with van der Waals surface area (Å²) < 4.78 is 0. The topological polar surface area (TPSA) is 57.1 Å². The summed E-state index contributed by atoms with van der Waals surface area (Å²) in [6.45, 7) is 3.32. The van der Waals surface area contributed by atoms with Gasteiger partial charge in [-0.15, -0.1) is 0 Å². The Morgan fingerprint density at radius 1 is 1.56 bits per heavy atom. The Hall–Kier alpha value is -1.65. The van der Waals surface area contributed by atoms with Crippen LogP contribution < -0.4 is 5.32 Å². The minimum atomic E-state index is 0.263. The molecule has 0 radical (unpaired) electrons. The maximum absolute atomic E-state index is 10.8. The molecule has 86 valence electrons. The van der Waals surface area contributed by atoms with Crippen LogP contribution in [0.2, 0.25) is 0 Å². The van der Waals surface area contributed by atoms with Crippen LogP contribution in [0.4, 0.5) is 0 Å². The van der Waals surface area contributed by atoms with Crippen LogP contribution in [0.25, 0.3) is 0 Å². The summed E-state index contributed by atoms with van der Waals surface area (Å²) in [7, 11) is 0. The number of rotatable bonds is 5. The fourth-order valence-corrected chi connectivity index (χ4v) is 1.80. The fraction of sp³-hybridized carbons (Fsp3) is 0.545. The third kappa shape index (κ3) is 2.48. The normalized spacial score (nSPS) is 17.7. The first-order chi connectivity index (χ1) is 7.77. The minimum absolute atomic E-state index is 0.263. The van der Waals surface area contributed by atoms with Crippen molar-refractivity contribution in [1.29, 1.82) is 0 Å². The molecule has 0 bridgehead atoms. The first-order valence-corrected chi connectivity index (χ1v) is 5.56. The van der Waals surface area contributed by atoms with Crippen molar-refractivity contribution in [2.45, 2.75) is 26.2 Å². The van der Waals surface area contributed by atoms with Gasteiger partial charge in [-0.3, -0.25) is 0 Å². The van der Waals surface area contributed by atoms with Crippen LogP contribution in [0.3, 0.4) is 0 Å². The maximum Gasteiger partial charge on any atom is 0.159 e. The standard InChI is InChI=1S/C11H16N4O/c1-9(16)4-2-3-5-15-8-12-6-10-11(15)14-7-13-10/h6-7,12H,2-5,8H2,1H3. The summed E-state index contributed by atoms with van der Waals surface area (Å²) in [5.41, 5.74) is 0.901. The van der Waals surface area contributed by atoms with Crippen LogP contribution in [-0.2, 0) is 4.79 Å². The average Bonchev–Trinajstić information content (AvgIpc) is 2.72. The van der Waals surface area contributed by atoms with Crippen LogP contribution in [-0.4, -0.2) is 36.1 Å². The molecule has 5 heteroatoms. The van der Waals surface area contributed by atoms with Crippen molar-refractivity contribution in [3.63, 3.8) is 0 Å². The predicted molar refractivity (Wildman–Crippen MR) is 63.3 cm³/mol. The van der Waals surface area contributed by atoms with E-state index in [1.165, 1.54) is 0 Å². The molecule has 0 saturated heterocycles. The van der Waals surface area contributed by atoms with Gasteiger partial charge in [-0.2, -0.15) is 0 Å². The molecule has 16 heavy (non-hydrogen) atoms. The maximum atomic E-state index is 10.8. The highest BCUT2D eigenvalue weighted by molar-refractivity contribution is 6.06. The Balaban J connectivity index is 1.79. The van der Waals surface area contributed by atoms with E-state index in [2.05, 4.69) is 20.2 Å². The van der Waals surface area contributed by atoms with Crippen molar-refractivity contribution < 1.29 is 4.79 Å². The van der Waals surface area contributed by atoms with Crippen molar-refractivity contribution in [2.24, 2.45) is 9.98 Å². The number of Topliss-reactive ketones (excluding diaryl/α,β-unsaturated/α-hetero) is 1. The smallest absolute Gasteiger partial charge is 0.159 e. The minimum Gasteiger partial charge on any atom is -0.372 e. The first kappa shape index (κ1) is 10.9. The van der Waals surface area contributed by atoms with E-state index in [-0.39, 0.29) is 5.78 Å². The second-order valence-electron chi connectivity index (χ2n) is 4.01. The van der Waals surface area contributed by atoms with E-state index in [4.69, 9.17) is 0 Å². The van der Waals surface area contributed by atoms with Gasteiger partial charge in [0.2, 0.25) is 0 Å². The number of carbonyl (C=O) groups excluding carboxylic acids is 1. The van der Waals surface area contributed by atoms with Crippen LogP contribution in [0.1, 0.15) is 26.2 Å². The largest absolute Gasteiger partial charge is 0.372 e. The molecule has 5 nitrogen and oxygen atoms in total. The molecule has 0 spiro atoms. The van der Waals surface area contributed by atoms with Gasteiger partial charge >= 0.3 is 0 Å². The molecule has 0 amide bonds. The second kappa shape index (κ2) is 4.92. The average molecular weight is 220 g/mol. The molecular weight excluding hydrogens is 204 g/mol. The van der Waals surface area contributed by atoms with Crippen molar-refractivity contribution in [3.8, 4) is 0 Å². The molecule has 0 saturated carbocycles. The molecule has 2 aliphatic heterocycles. The van der Waals surface area contributed by atoms with Gasteiger partial charge in [-0.25, -0.2) is 9.98 Å². The Bertz CT molecular complexity index is 370. The molecule has 0 unspecified atom stereocenters. The third-order valence-electron chi connectivity index (χ3n) is 2.63. The number of fused-ring (bicyclic) bond motifs is 1. The molecule has 2 rings (SSSR count). The zero-order chi connectivity index (χ0) is 11.4. The number of ketones is 1. The number of hydrogen-bond donors (Lipinski definition) is 1. The molecule has 0 aliphatic carbocycles. The monoisotopic (exact) mass is 220 g/mol. The molecule has 0 atom stereocenters. The van der Waals surface area contributed by atoms with Gasteiger partial charge in [0.05, 0.1) is 6.67 Å². The zero-order valence-corrected chi connectivity index (χ0v) is 9.44. The lowest BCUT2D eigenvalue weighted by molar-refractivity contribution is -0.117. The predicted octanol–water partition coefficient (Wildman–Crippen LogP) is 0.890. The highest BCUT2D eigenvalue weighted by Gasteiger charge is 2.20. The van der Waals surface area contributed by atoms with Crippen molar-refractivity contribution in [1.82, 2.24) is 10.2 Å². The Labute approximate surface area is 94.9 Å². The summed E-state index contributed by atoms with van der Waals surface area (Å²) in [6.07, 6.45) is 6.09. The lowest BCUT2D eigenvalue weighted by Gasteiger charge is -2.27. The number of carbonyl (C=O) groups is 1. The summed E-state index contributed by atoms with van der Waals surface area (Å²) in [5.74, 6) is 1.21.